The maximum atomic E-state index is 11.1. The molecule has 1 aliphatic rings. The van der Waals surface area contributed by atoms with Crippen molar-refractivity contribution in [2.24, 2.45) is 0 Å². The van der Waals surface area contributed by atoms with E-state index in [0.29, 0.717) is 0 Å². The maximum Gasteiger partial charge on any atom is 0.115 e. The lowest BCUT2D eigenvalue weighted by molar-refractivity contribution is -0.0396. The molecule has 2 unspecified atom stereocenters. The fourth-order valence-electron chi connectivity index (χ4n) is 3.32. The Morgan fingerprint density at radius 3 is 2.57 bits per heavy atom. The van der Waals surface area contributed by atoms with Gasteiger partial charge in [-0.3, -0.25) is 9.58 Å². The summed E-state index contributed by atoms with van der Waals surface area (Å²) in [6, 6.07) is 0. The van der Waals surface area contributed by atoms with Crippen LogP contribution in [0.5, 0.6) is 0 Å². The van der Waals surface area contributed by atoms with Gasteiger partial charge in [0.25, 0.3) is 0 Å². The van der Waals surface area contributed by atoms with E-state index in [9.17, 15) is 5.11 Å². The van der Waals surface area contributed by atoms with Gasteiger partial charge in [-0.1, -0.05) is 20.3 Å². The van der Waals surface area contributed by atoms with Gasteiger partial charge in [-0.05, 0) is 61.6 Å². The molecule has 1 aromatic heterocycles. The van der Waals surface area contributed by atoms with Crippen LogP contribution in [0, 0.1) is 0 Å². The van der Waals surface area contributed by atoms with Gasteiger partial charge in [-0.2, -0.15) is 5.10 Å². The van der Waals surface area contributed by atoms with E-state index in [-0.39, 0.29) is 5.54 Å². The average molecular weight is 358 g/mol. The zero-order valence-corrected chi connectivity index (χ0v) is 15.1. The number of aryl methyl sites for hydroxylation is 1. The standard InChI is InChI=1S/C16H28BrN3O/c1-4-9-20-14(13(17)12-18-20)15(21)16(3,5-2)19-10-7-6-8-11-19/h12,15,21H,4-11H2,1-3H3. The summed E-state index contributed by atoms with van der Waals surface area (Å²) in [6.07, 6.45) is 7.00. The molecule has 2 rings (SSSR count). The Balaban J connectivity index is 2.30. The number of rotatable bonds is 6. The highest BCUT2D eigenvalue weighted by atomic mass is 79.9. The summed E-state index contributed by atoms with van der Waals surface area (Å²) in [5, 5.41) is 15.5. The molecule has 1 N–H and O–H groups in total. The Morgan fingerprint density at radius 1 is 1.33 bits per heavy atom. The second-order valence-electron chi connectivity index (χ2n) is 6.26. The molecular formula is C16H28BrN3O. The van der Waals surface area contributed by atoms with Gasteiger partial charge in [0.05, 0.1) is 16.4 Å². The Morgan fingerprint density at radius 2 is 2.00 bits per heavy atom. The molecule has 0 spiro atoms. The van der Waals surface area contributed by atoms with Gasteiger partial charge >= 0.3 is 0 Å². The molecule has 0 aliphatic carbocycles. The van der Waals surface area contributed by atoms with Gasteiger partial charge in [0.2, 0.25) is 0 Å². The first-order chi connectivity index (χ1) is 10.0. The van der Waals surface area contributed by atoms with Crippen LogP contribution in [0.15, 0.2) is 10.7 Å². The van der Waals surface area contributed by atoms with Crippen molar-refractivity contribution in [1.29, 1.82) is 0 Å². The zero-order valence-electron chi connectivity index (χ0n) is 13.5. The number of aliphatic hydroxyl groups is 1. The fourth-order valence-corrected chi connectivity index (χ4v) is 3.84. The van der Waals surface area contributed by atoms with Crippen molar-refractivity contribution in [3.8, 4) is 0 Å². The van der Waals surface area contributed by atoms with Gasteiger partial charge in [0.15, 0.2) is 0 Å². The molecule has 4 nitrogen and oxygen atoms in total. The second kappa shape index (κ2) is 7.25. The van der Waals surface area contributed by atoms with Gasteiger partial charge in [0.1, 0.15) is 6.10 Å². The first-order valence-corrected chi connectivity index (χ1v) is 8.98. The largest absolute Gasteiger partial charge is 0.385 e. The molecule has 1 saturated heterocycles. The van der Waals surface area contributed by atoms with Gasteiger partial charge in [-0.25, -0.2) is 0 Å². The van der Waals surface area contributed by atoms with Gasteiger partial charge < -0.3 is 5.11 Å². The van der Waals surface area contributed by atoms with E-state index >= 15 is 0 Å². The molecule has 2 atom stereocenters. The van der Waals surface area contributed by atoms with E-state index in [1.807, 2.05) is 4.68 Å². The minimum Gasteiger partial charge on any atom is -0.385 e. The summed E-state index contributed by atoms with van der Waals surface area (Å²) in [5.74, 6) is 0. The van der Waals surface area contributed by atoms with Crippen molar-refractivity contribution in [2.45, 2.75) is 71.1 Å². The van der Waals surface area contributed by atoms with Crippen LogP contribution >= 0.6 is 15.9 Å². The van der Waals surface area contributed by atoms with E-state index in [2.05, 4.69) is 46.7 Å². The number of aromatic nitrogens is 2. The monoisotopic (exact) mass is 357 g/mol. The zero-order chi connectivity index (χ0) is 15.5. The van der Waals surface area contributed by atoms with Crippen LogP contribution < -0.4 is 0 Å². The van der Waals surface area contributed by atoms with Crippen molar-refractivity contribution in [1.82, 2.24) is 14.7 Å². The number of hydrogen-bond donors (Lipinski definition) is 1. The molecule has 2 heterocycles. The number of aliphatic hydroxyl groups excluding tert-OH is 1. The first-order valence-electron chi connectivity index (χ1n) is 8.19. The highest BCUT2D eigenvalue weighted by Crippen LogP contribution is 2.38. The SMILES string of the molecule is CCCn1ncc(Br)c1C(O)C(C)(CC)N1CCCCC1. The average Bonchev–Trinajstić information content (AvgIpc) is 2.87. The molecule has 1 fully saturated rings. The predicted molar refractivity (Wildman–Crippen MR) is 89.3 cm³/mol. The van der Waals surface area contributed by atoms with Crippen molar-refractivity contribution >= 4 is 15.9 Å². The molecule has 0 radical (unpaired) electrons. The minimum absolute atomic E-state index is 0.228. The third-order valence-electron chi connectivity index (χ3n) is 4.91. The van der Waals surface area contributed by atoms with E-state index in [1.54, 1.807) is 6.20 Å². The molecule has 0 bridgehead atoms. The third-order valence-corrected chi connectivity index (χ3v) is 5.52. The Kier molecular flexibility index (Phi) is 5.86. The van der Waals surface area contributed by atoms with Crippen molar-refractivity contribution < 1.29 is 5.11 Å². The van der Waals surface area contributed by atoms with E-state index in [4.69, 9.17) is 0 Å². The first kappa shape index (κ1) is 17.0. The number of hydrogen-bond acceptors (Lipinski definition) is 3. The summed E-state index contributed by atoms with van der Waals surface area (Å²) < 4.78 is 2.87. The molecular weight excluding hydrogens is 330 g/mol. The topological polar surface area (TPSA) is 41.3 Å². The summed E-state index contributed by atoms with van der Waals surface area (Å²) in [6.45, 7) is 9.51. The number of piperidine rings is 1. The van der Waals surface area contributed by atoms with Crippen LogP contribution in [0.2, 0.25) is 0 Å². The summed E-state index contributed by atoms with van der Waals surface area (Å²) in [4.78, 5) is 2.47. The predicted octanol–water partition coefficient (Wildman–Crippen LogP) is 3.74. The lowest BCUT2D eigenvalue weighted by Gasteiger charge is -2.46. The normalized spacial score (nSPS) is 21.2. The Bertz CT molecular complexity index is 456. The Hall–Kier alpha value is -0.390. The summed E-state index contributed by atoms with van der Waals surface area (Å²) in [5.41, 5.74) is 0.695. The van der Waals surface area contributed by atoms with Crippen LogP contribution in [0.1, 0.15) is 64.7 Å². The molecule has 120 valence electrons. The number of nitrogens with zero attached hydrogens (tertiary/aromatic N) is 3. The van der Waals surface area contributed by atoms with E-state index < -0.39 is 6.10 Å². The lowest BCUT2D eigenvalue weighted by Crippen LogP contribution is -2.52. The summed E-state index contributed by atoms with van der Waals surface area (Å²) >= 11 is 3.57. The molecule has 0 saturated carbocycles. The number of halogens is 1. The molecule has 0 amide bonds. The molecule has 1 aromatic rings. The second-order valence-corrected chi connectivity index (χ2v) is 7.12. The smallest absolute Gasteiger partial charge is 0.115 e. The maximum absolute atomic E-state index is 11.1. The van der Waals surface area contributed by atoms with Crippen LogP contribution in [0.4, 0.5) is 0 Å². The van der Waals surface area contributed by atoms with Gasteiger partial charge in [0, 0.05) is 12.1 Å². The van der Waals surface area contributed by atoms with Crippen molar-refractivity contribution in [2.75, 3.05) is 13.1 Å². The highest BCUT2D eigenvalue weighted by Gasteiger charge is 2.41. The molecule has 21 heavy (non-hydrogen) atoms. The quantitative estimate of drug-likeness (QED) is 0.842. The molecule has 1 aliphatic heterocycles. The van der Waals surface area contributed by atoms with E-state index in [0.717, 1.165) is 42.6 Å². The fraction of sp³-hybridized carbons (Fsp3) is 0.812. The van der Waals surface area contributed by atoms with Crippen molar-refractivity contribution in [3.63, 3.8) is 0 Å². The minimum atomic E-state index is -0.524. The molecule has 0 aromatic carbocycles. The third kappa shape index (κ3) is 3.35. The molecule has 5 heteroatoms. The van der Waals surface area contributed by atoms with Crippen LogP contribution in [0.25, 0.3) is 0 Å². The van der Waals surface area contributed by atoms with Crippen molar-refractivity contribution in [3.05, 3.63) is 16.4 Å². The van der Waals surface area contributed by atoms with Crippen LogP contribution in [0.3, 0.4) is 0 Å². The summed E-state index contributed by atoms with van der Waals surface area (Å²) in [7, 11) is 0. The number of likely N-dealkylation sites (tertiary alicyclic amines) is 1. The van der Waals surface area contributed by atoms with E-state index in [1.165, 1.54) is 19.3 Å². The van der Waals surface area contributed by atoms with Gasteiger partial charge in [-0.15, -0.1) is 0 Å². The van der Waals surface area contributed by atoms with Crippen LogP contribution in [-0.4, -0.2) is 38.4 Å². The highest BCUT2D eigenvalue weighted by molar-refractivity contribution is 9.10. The van der Waals surface area contributed by atoms with Crippen LogP contribution in [-0.2, 0) is 6.54 Å². The lowest BCUT2D eigenvalue weighted by atomic mass is 9.85. The Labute approximate surface area is 136 Å².